The van der Waals surface area contributed by atoms with Crippen LogP contribution >= 0.6 is 0 Å². The Kier molecular flexibility index (Phi) is 4.53. The molecule has 2 aliphatic heterocycles. The molecule has 1 saturated heterocycles. The van der Waals surface area contributed by atoms with Gasteiger partial charge in [0.05, 0.1) is 0 Å². The predicted octanol–water partition coefficient (Wildman–Crippen LogP) is 2.07. The van der Waals surface area contributed by atoms with Gasteiger partial charge in [-0.3, -0.25) is 0 Å². The summed E-state index contributed by atoms with van der Waals surface area (Å²) in [6.45, 7) is 5.94. The Morgan fingerprint density at radius 3 is 2.52 bits per heavy atom. The van der Waals surface area contributed by atoms with Crippen LogP contribution in [0.25, 0.3) is 0 Å². The molecular weight excluding hydrogens is 316 g/mol. The van der Waals surface area contributed by atoms with Crippen LogP contribution in [0.3, 0.4) is 0 Å². The molecule has 1 fully saturated rings. The molecule has 0 N–H and O–H groups in total. The molecule has 1 aromatic carbocycles. The van der Waals surface area contributed by atoms with Crippen molar-refractivity contribution >= 4 is 10.2 Å². The summed E-state index contributed by atoms with van der Waals surface area (Å²) in [5.74, 6) is 2.17. The van der Waals surface area contributed by atoms with E-state index in [1.54, 1.807) is 11.4 Å². The van der Waals surface area contributed by atoms with E-state index in [4.69, 9.17) is 9.47 Å². The molecule has 2 aliphatic rings. The molecule has 0 saturated carbocycles. The van der Waals surface area contributed by atoms with E-state index < -0.39 is 10.2 Å². The van der Waals surface area contributed by atoms with Gasteiger partial charge in [0.1, 0.15) is 0 Å². The van der Waals surface area contributed by atoms with Gasteiger partial charge in [-0.05, 0) is 36.0 Å². The van der Waals surface area contributed by atoms with Crippen molar-refractivity contribution in [3.63, 3.8) is 0 Å². The molecule has 0 bridgehead atoms. The molecule has 23 heavy (non-hydrogen) atoms. The molecule has 0 spiro atoms. The van der Waals surface area contributed by atoms with Crippen molar-refractivity contribution in [2.75, 3.05) is 26.9 Å². The van der Waals surface area contributed by atoms with Crippen LogP contribution in [0.2, 0.25) is 0 Å². The monoisotopic (exact) mass is 340 g/mol. The molecule has 2 unspecified atom stereocenters. The Morgan fingerprint density at radius 2 is 1.83 bits per heavy atom. The number of piperidine rings is 1. The van der Waals surface area contributed by atoms with Gasteiger partial charge in [-0.1, -0.05) is 19.9 Å². The van der Waals surface area contributed by atoms with E-state index in [2.05, 4.69) is 13.8 Å². The third-order valence-corrected chi connectivity index (χ3v) is 6.27. The Morgan fingerprint density at radius 1 is 1.17 bits per heavy atom. The fourth-order valence-corrected chi connectivity index (χ4v) is 4.96. The van der Waals surface area contributed by atoms with Crippen molar-refractivity contribution in [1.82, 2.24) is 8.61 Å². The minimum atomic E-state index is -3.45. The van der Waals surface area contributed by atoms with Crippen LogP contribution in [-0.4, -0.2) is 44.0 Å². The fourth-order valence-electron chi connectivity index (χ4n) is 3.37. The summed E-state index contributed by atoms with van der Waals surface area (Å²) in [6.07, 6.45) is 1.08. The number of fused-ring (bicyclic) bond motifs is 1. The third-order valence-electron chi connectivity index (χ3n) is 4.40. The van der Waals surface area contributed by atoms with Crippen molar-refractivity contribution in [1.29, 1.82) is 0 Å². The normalized spacial score (nSPS) is 25.0. The standard InChI is InChI=1S/C16H24N2O4S/c1-12-6-13(2)9-18(8-12)23(19,20)17(3)10-14-4-5-15-16(7-14)22-11-21-15/h4-5,7,12-13H,6,8-11H2,1-3H3. The van der Waals surface area contributed by atoms with E-state index in [1.165, 1.54) is 4.31 Å². The number of nitrogens with zero attached hydrogens (tertiary/aromatic N) is 2. The molecule has 0 radical (unpaired) electrons. The van der Waals surface area contributed by atoms with Crippen molar-refractivity contribution in [2.45, 2.75) is 26.8 Å². The zero-order valence-corrected chi connectivity index (χ0v) is 14.7. The number of hydrogen-bond acceptors (Lipinski definition) is 4. The zero-order valence-electron chi connectivity index (χ0n) is 13.9. The van der Waals surface area contributed by atoms with Crippen LogP contribution in [0.15, 0.2) is 18.2 Å². The van der Waals surface area contributed by atoms with E-state index in [0.717, 1.165) is 12.0 Å². The van der Waals surface area contributed by atoms with E-state index >= 15 is 0 Å². The van der Waals surface area contributed by atoms with E-state index in [1.807, 2.05) is 18.2 Å². The summed E-state index contributed by atoms with van der Waals surface area (Å²) in [5, 5.41) is 0. The van der Waals surface area contributed by atoms with Gasteiger partial charge in [-0.25, -0.2) is 0 Å². The zero-order chi connectivity index (χ0) is 16.6. The first-order chi connectivity index (χ1) is 10.9. The highest BCUT2D eigenvalue weighted by Crippen LogP contribution is 2.33. The molecule has 3 rings (SSSR count). The lowest BCUT2D eigenvalue weighted by atomic mass is 9.94. The maximum atomic E-state index is 12.8. The van der Waals surface area contributed by atoms with E-state index in [-0.39, 0.29) is 6.79 Å². The largest absolute Gasteiger partial charge is 0.454 e. The molecule has 128 valence electrons. The molecule has 1 aromatic rings. The molecule has 0 amide bonds. The van der Waals surface area contributed by atoms with Crippen molar-refractivity contribution in [3.8, 4) is 11.5 Å². The number of benzene rings is 1. The average molecular weight is 340 g/mol. The molecule has 2 atom stereocenters. The maximum absolute atomic E-state index is 12.8. The van der Waals surface area contributed by atoms with Gasteiger partial charge in [0, 0.05) is 26.7 Å². The van der Waals surface area contributed by atoms with Gasteiger partial charge >= 0.3 is 0 Å². The first-order valence-corrected chi connectivity index (χ1v) is 9.36. The Bertz CT molecular complexity index is 667. The molecule has 6 nitrogen and oxygen atoms in total. The summed E-state index contributed by atoms with van der Waals surface area (Å²) in [6, 6.07) is 5.54. The smallest absolute Gasteiger partial charge is 0.282 e. The first-order valence-electron chi connectivity index (χ1n) is 7.96. The van der Waals surface area contributed by atoms with Gasteiger partial charge in [0.2, 0.25) is 6.79 Å². The minimum absolute atomic E-state index is 0.219. The third kappa shape index (κ3) is 3.46. The van der Waals surface area contributed by atoms with Gasteiger partial charge < -0.3 is 9.47 Å². The quantitative estimate of drug-likeness (QED) is 0.842. The summed E-state index contributed by atoms with van der Waals surface area (Å²) < 4.78 is 39.3. The number of ether oxygens (including phenoxy) is 2. The Labute approximate surface area is 138 Å². The van der Waals surface area contributed by atoms with Crippen LogP contribution in [0.1, 0.15) is 25.8 Å². The minimum Gasteiger partial charge on any atom is -0.454 e. The Balaban J connectivity index is 1.72. The lowest BCUT2D eigenvalue weighted by Crippen LogP contribution is -2.48. The highest BCUT2D eigenvalue weighted by Gasteiger charge is 2.33. The summed E-state index contributed by atoms with van der Waals surface area (Å²) in [5.41, 5.74) is 0.887. The van der Waals surface area contributed by atoms with Crippen LogP contribution in [0, 0.1) is 11.8 Å². The van der Waals surface area contributed by atoms with E-state index in [0.29, 0.717) is 43.0 Å². The van der Waals surface area contributed by atoms with Crippen molar-refractivity contribution in [3.05, 3.63) is 23.8 Å². The highest BCUT2D eigenvalue weighted by molar-refractivity contribution is 7.86. The first kappa shape index (κ1) is 16.5. The summed E-state index contributed by atoms with van der Waals surface area (Å²) in [7, 11) is -1.82. The van der Waals surface area contributed by atoms with Gasteiger partial charge in [0.15, 0.2) is 11.5 Å². The molecule has 7 heteroatoms. The average Bonchev–Trinajstić information content (AvgIpc) is 2.93. The topological polar surface area (TPSA) is 59.1 Å². The molecule has 2 heterocycles. The summed E-state index contributed by atoms with van der Waals surface area (Å²) in [4.78, 5) is 0. The second kappa shape index (κ2) is 6.30. The highest BCUT2D eigenvalue weighted by atomic mass is 32.2. The SMILES string of the molecule is CC1CC(C)CN(S(=O)(=O)N(C)Cc2ccc3c(c2)OCO3)C1. The second-order valence-electron chi connectivity index (χ2n) is 6.71. The van der Waals surface area contributed by atoms with Crippen molar-refractivity contribution < 1.29 is 17.9 Å². The van der Waals surface area contributed by atoms with Crippen molar-refractivity contribution in [2.24, 2.45) is 11.8 Å². The lowest BCUT2D eigenvalue weighted by molar-refractivity contribution is 0.174. The van der Waals surface area contributed by atoms with Crippen LogP contribution in [0.5, 0.6) is 11.5 Å². The second-order valence-corrected chi connectivity index (χ2v) is 8.75. The van der Waals surface area contributed by atoms with E-state index in [9.17, 15) is 8.42 Å². The fraction of sp³-hybridized carbons (Fsp3) is 0.625. The molecular formula is C16H24N2O4S. The van der Waals surface area contributed by atoms with Crippen LogP contribution in [0.4, 0.5) is 0 Å². The van der Waals surface area contributed by atoms with Gasteiger partial charge in [0.25, 0.3) is 10.2 Å². The van der Waals surface area contributed by atoms with Crippen LogP contribution < -0.4 is 9.47 Å². The lowest BCUT2D eigenvalue weighted by Gasteiger charge is -2.36. The number of hydrogen-bond donors (Lipinski definition) is 0. The predicted molar refractivity (Wildman–Crippen MR) is 87.5 cm³/mol. The van der Waals surface area contributed by atoms with Gasteiger partial charge in [-0.15, -0.1) is 0 Å². The summed E-state index contributed by atoms with van der Waals surface area (Å²) >= 11 is 0. The number of rotatable bonds is 4. The Hall–Kier alpha value is -1.31. The molecule has 0 aliphatic carbocycles. The molecule has 0 aromatic heterocycles. The maximum Gasteiger partial charge on any atom is 0.282 e. The van der Waals surface area contributed by atoms with Gasteiger partial charge in [-0.2, -0.15) is 17.0 Å². The van der Waals surface area contributed by atoms with Crippen LogP contribution in [-0.2, 0) is 16.8 Å².